The summed E-state index contributed by atoms with van der Waals surface area (Å²) in [5.74, 6) is -1.06. The van der Waals surface area contributed by atoms with Crippen LogP contribution in [0.1, 0.15) is 42.7 Å². The van der Waals surface area contributed by atoms with Crippen LogP contribution in [0.3, 0.4) is 0 Å². The van der Waals surface area contributed by atoms with Crippen LogP contribution in [0, 0.1) is 5.92 Å². The van der Waals surface area contributed by atoms with E-state index >= 15 is 0 Å². The molecular weight excluding hydrogens is 396 g/mol. The largest absolute Gasteiger partial charge is 0.480 e. The summed E-state index contributed by atoms with van der Waals surface area (Å²) in [4.78, 5) is 35.4. The Kier molecular flexibility index (Phi) is 6.21. The average molecular weight is 422 g/mol. The molecule has 1 atom stereocenters. The number of fused-ring (bicyclic) bond motifs is 3. The van der Waals surface area contributed by atoms with Gasteiger partial charge in [0.15, 0.2) is 0 Å². The van der Waals surface area contributed by atoms with Gasteiger partial charge in [-0.15, -0.1) is 0 Å². The van der Waals surface area contributed by atoms with Crippen molar-refractivity contribution >= 4 is 18.0 Å². The number of carbonyl (C=O) groups excluding carboxylic acids is 2. The maximum atomic E-state index is 12.1. The predicted molar refractivity (Wildman–Crippen MR) is 115 cm³/mol. The van der Waals surface area contributed by atoms with Gasteiger partial charge < -0.3 is 20.5 Å². The van der Waals surface area contributed by atoms with Crippen LogP contribution < -0.4 is 10.6 Å². The van der Waals surface area contributed by atoms with Crippen molar-refractivity contribution in [1.29, 1.82) is 0 Å². The molecule has 0 aliphatic heterocycles. The van der Waals surface area contributed by atoms with Crippen LogP contribution in [-0.2, 0) is 14.3 Å². The lowest BCUT2D eigenvalue weighted by molar-refractivity contribution is -0.142. The van der Waals surface area contributed by atoms with Crippen molar-refractivity contribution in [1.82, 2.24) is 10.6 Å². The standard InChI is InChI=1S/C24H26N2O5/c27-22(26-21(23(28)29)13-15-9-10-15)11-12-25-24(30)31-14-20-18-7-3-1-5-16(18)17-6-2-4-8-19(17)20/h1-8,15,20-21H,9-14H2,(H,25,30)(H,26,27)(H,28,29)/t21-/m0/s1. The summed E-state index contributed by atoms with van der Waals surface area (Å²) in [6.07, 6.45) is 1.90. The number of benzene rings is 2. The Labute approximate surface area is 180 Å². The Hall–Kier alpha value is -3.35. The number of hydrogen-bond donors (Lipinski definition) is 3. The van der Waals surface area contributed by atoms with Crippen LogP contribution in [0.5, 0.6) is 0 Å². The third-order valence-corrected chi connectivity index (χ3v) is 5.86. The van der Waals surface area contributed by atoms with Crippen molar-refractivity contribution in [3.63, 3.8) is 0 Å². The number of hydrogen-bond acceptors (Lipinski definition) is 4. The molecule has 0 heterocycles. The number of carbonyl (C=O) groups is 3. The van der Waals surface area contributed by atoms with E-state index in [0.29, 0.717) is 12.3 Å². The van der Waals surface area contributed by atoms with Gasteiger partial charge in [-0.25, -0.2) is 9.59 Å². The maximum Gasteiger partial charge on any atom is 0.407 e. The fourth-order valence-corrected chi connectivity index (χ4v) is 4.10. The van der Waals surface area contributed by atoms with E-state index in [2.05, 4.69) is 22.8 Å². The van der Waals surface area contributed by atoms with E-state index in [1.165, 1.54) is 0 Å². The highest BCUT2D eigenvalue weighted by Gasteiger charge is 2.30. The third kappa shape index (κ3) is 5.05. The quantitative estimate of drug-likeness (QED) is 0.575. The molecule has 0 spiro atoms. The second-order valence-corrected chi connectivity index (χ2v) is 8.14. The summed E-state index contributed by atoms with van der Waals surface area (Å²) in [5.41, 5.74) is 4.57. The van der Waals surface area contributed by atoms with Crippen LogP contribution in [0.15, 0.2) is 48.5 Å². The highest BCUT2D eigenvalue weighted by molar-refractivity contribution is 5.84. The number of carboxylic acids is 1. The number of ether oxygens (including phenoxy) is 1. The van der Waals surface area contributed by atoms with Crippen molar-refractivity contribution < 1.29 is 24.2 Å². The number of nitrogens with one attached hydrogen (secondary N) is 2. The summed E-state index contributed by atoms with van der Waals surface area (Å²) in [6, 6.07) is 15.3. The van der Waals surface area contributed by atoms with E-state index in [1.807, 2.05) is 36.4 Å². The van der Waals surface area contributed by atoms with Crippen molar-refractivity contribution in [2.24, 2.45) is 5.92 Å². The molecule has 2 aromatic carbocycles. The highest BCUT2D eigenvalue weighted by atomic mass is 16.5. The monoisotopic (exact) mass is 422 g/mol. The molecular formula is C24H26N2O5. The lowest BCUT2D eigenvalue weighted by Crippen LogP contribution is -2.42. The van der Waals surface area contributed by atoms with E-state index in [1.54, 1.807) is 0 Å². The van der Waals surface area contributed by atoms with Gasteiger partial charge in [-0.1, -0.05) is 61.4 Å². The number of aliphatic carboxylic acids is 1. The molecule has 7 heteroatoms. The molecule has 2 amide bonds. The summed E-state index contributed by atoms with van der Waals surface area (Å²) in [7, 11) is 0. The zero-order valence-electron chi connectivity index (χ0n) is 17.2. The van der Waals surface area contributed by atoms with Crippen LogP contribution in [0.25, 0.3) is 11.1 Å². The Morgan fingerprint density at radius 2 is 1.61 bits per heavy atom. The summed E-state index contributed by atoms with van der Waals surface area (Å²) < 4.78 is 5.43. The first-order chi connectivity index (χ1) is 15.0. The molecule has 1 saturated carbocycles. The smallest absolute Gasteiger partial charge is 0.407 e. The second-order valence-electron chi connectivity index (χ2n) is 8.14. The molecule has 31 heavy (non-hydrogen) atoms. The van der Waals surface area contributed by atoms with E-state index in [4.69, 9.17) is 4.74 Å². The molecule has 2 aliphatic carbocycles. The van der Waals surface area contributed by atoms with Crippen LogP contribution in [-0.4, -0.2) is 42.3 Å². The number of amides is 2. The fourth-order valence-electron chi connectivity index (χ4n) is 4.10. The highest BCUT2D eigenvalue weighted by Crippen LogP contribution is 2.44. The van der Waals surface area contributed by atoms with Gasteiger partial charge in [-0.2, -0.15) is 0 Å². The third-order valence-electron chi connectivity index (χ3n) is 5.86. The van der Waals surface area contributed by atoms with Crippen molar-refractivity contribution in [3.05, 3.63) is 59.7 Å². The normalized spacial score (nSPS) is 15.5. The van der Waals surface area contributed by atoms with Gasteiger partial charge in [0.1, 0.15) is 12.6 Å². The minimum absolute atomic E-state index is 0.00135. The lowest BCUT2D eigenvalue weighted by Gasteiger charge is -2.15. The zero-order valence-corrected chi connectivity index (χ0v) is 17.2. The SMILES string of the molecule is O=C(CCNC(=O)OCC1c2ccccc2-c2ccccc21)N[C@@H](CC1CC1)C(=O)O. The molecule has 2 aliphatic rings. The van der Waals surface area contributed by atoms with Crippen molar-refractivity contribution in [2.75, 3.05) is 13.2 Å². The van der Waals surface area contributed by atoms with Gasteiger partial charge in [0.2, 0.25) is 5.91 Å². The summed E-state index contributed by atoms with van der Waals surface area (Å²) >= 11 is 0. The molecule has 2 aromatic rings. The molecule has 0 saturated heterocycles. The van der Waals surface area contributed by atoms with E-state index in [0.717, 1.165) is 35.1 Å². The number of carboxylic acid groups (broad SMARTS) is 1. The molecule has 3 N–H and O–H groups in total. The molecule has 0 bridgehead atoms. The van der Waals surface area contributed by atoms with E-state index < -0.39 is 24.0 Å². The molecule has 162 valence electrons. The minimum atomic E-state index is -1.02. The predicted octanol–water partition coefficient (Wildman–Crippen LogP) is 3.28. The second kappa shape index (κ2) is 9.20. The van der Waals surface area contributed by atoms with Gasteiger partial charge >= 0.3 is 12.1 Å². The first-order valence-electron chi connectivity index (χ1n) is 10.6. The Morgan fingerprint density at radius 3 is 2.19 bits per heavy atom. The van der Waals surface area contributed by atoms with E-state index in [9.17, 15) is 19.5 Å². The van der Waals surface area contributed by atoms with Crippen molar-refractivity contribution in [2.45, 2.75) is 37.6 Å². The minimum Gasteiger partial charge on any atom is -0.480 e. The Balaban J connectivity index is 1.24. The summed E-state index contributed by atoms with van der Waals surface area (Å²) in [5, 5.41) is 14.3. The average Bonchev–Trinajstić information content (AvgIpc) is 3.52. The summed E-state index contributed by atoms with van der Waals surface area (Å²) in [6.45, 7) is 0.285. The molecule has 0 radical (unpaired) electrons. The molecule has 7 nitrogen and oxygen atoms in total. The lowest BCUT2D eigenvalue weighted by atomic mass is 9.98. The molecule has 0 aromatic heterocycles. The van der Waals surface area contributed by atoms with Gasteiger partial charge in [0.25, 0.3) is 0 Å². The van der Waals surface area contributed by atoms with Crippen LogP contribution in [0.4, 0.5) is 4.79 Å². The first kappa shape index (κ1) is 20.9. The molecule has 0 unspecified atom stereocenters. The number of rotatable bonds is 9. The topological polar surface area (TPSA) is 105 Å². The van der Waals surface area contributed by atoms with Crippen LogP contribution in [0.2, 0.25) is 0 Å². The van der Waals surface area contributed by atoms with Gasteiger partial charge in [-0.3, -0.25) is 4.79 Å². The van der Waals surface area contributed by atoms with Gasteiger partial charge in [-0.05, 0) is 34.6 Å². The molecule has 4 rings (SSSR count). The Bertz CT molecular complexity index is 940. The van der Waals surface area contributed by atoms with Crippen LogP contribution >= 0.6 is 0 Å². The zero-order chi connectivity index (χ0) is 21.8. The first-order valence-corrected chi connectivity index (χ1v) is 10.6. The molecule has 1 fully saturated rings. The van der Waals surface area contributed by atoms with Gasteiger partial charge in [0, 0.05) is 18.9 Å². The van der Waals surface area contributed by atoms with Gasteiger partial charge in [0.05, 0.1) is 0 Å². The van der Waals surface area contributed by atoms with Crippen molar-refractivity contribution in [3.8, 4) is 11.1 Å². The number of alkyl carbamates (subject to hydrolysis) is 1. The Morgan fingerprint density at radius 1 is 1.00 bits per heavy atom. The maximum absolute atomic E-state index is 12.1. The van der Waals surface area contributed by atoms with E-state index in [-0.39, 0.29) is 25.5 Å². The fraction of sp³-hybridized carbons (Fsp3) is 0.375.